The summed E-state index contributed by atoms with van der Waals surface area (Å²) < 4.78 is 15.2. The zero-order valence-corrected chi connectivity index (χ0v) is 22.2. The number of likely N-dealkylation sites (tertiary alicyclic amines) is 1. The van der Waals surface area contributed by atoms with E-state index in [9.17, 15) is 4.79 Å². The van der Waals surface area contributed by atoms with Crippen LogP contribution in [0, 0.1) is 0 Å². The number of piperidine rings is 1. The first-order valence-electron chi connectivity index (χ1n) is 12.0. The molecule has 3 aromatic heterocycles. The highest BCUT2D eigenvalue weighted by atomic mass is 32.1. The van der Waals surface area contributed by atoms with Gasteiger partial charge in [-0.15, -0.1) is 0 Å². The Morgan fingerprint density at radius 1 is 1.11 bits per heavy atom. The predicted molar refractivity (Wildman–Crippen MR) is 138 cm³/mol. The van der Waals surface area contributed by atoms with Crippen LogP contribution in [0.3, 0.4) is 0 Å². The molecule has 1 aliphatic heterocycles. The highest BCUT2D eigenvalue weighted by Crippen LogP contribution is 2.38. The molecule has 0 N–H and O–H groups in total. The number of benzene rings is 1. The van der Waals surface area contributed by atoms with Crippen molar-refractivity contribution in [3.63, 3.8) is 0 Å². The third kappa shape index (κ3) is 4.49. The van der Waals surface area contributed by atoms with Gasteiger partial charge in [-0.05, 0) is 65.2 Å². The van der Waals surface area contributed by atoms with Crippen molar-refractivity contribution in [2.45, 2.75) is 71.1 Å². The summed E-state index contributed by atoms with van der Waals surface area (Å²) in [7, 11) is 3.59. The molecule has 1 amide bonds. The van der Waals surface area contributed by atoms with Crippen LogP contribution in [-0.4, -0.2) is 55.0 Å². The van der Waals surface area contributed by atoms with Crippen molar-refractivity contribution in [1.82, 2.24) is 24.1 Å². The molecule has 0 bridgehead atoms. The maximum atomic E-state index is 12.7. The second-order valence-electron chi connectivity index (χ2n) is 10.6. The number of ether oxygens (including phenoxy) is 2. The summed E-state index contributed by atoms with van der Waals surface area (Å²) in [6, 6.07) is 4.37. The number of hydrogen-bond donors (Lipinski definition) is 0. The van der Waals surface area contributed by atoms with Crippen LogP contribution in [-0.2, 0) is 11.8 Å². The molecule has 8 nitrogen and oxygen atoms in total. The second-order valence-corrected chi connectivity index (χ2v) is 11.6. The highest BCUT2D eigenvalue weighted by molar-refractivity contribution is 7.20. The quantitative estimate of drug-likeness (QED) is 0.356. The number of aryl methyl sites for hydroxylation is 1. The van der Waals surface area contributed by atoms with E-state index in [1.165, 1.54) is 0 Å². The van der Waals surface area contributed by atoms with Gasteiger partial charge >= 0.3 is 6.09 Å². The van der Waals surface area contributed by atoms with Crippen LogP contribution in [0.5, 0.6) is 5.75 Å². The van der Waals surface area contributed by atoms with Gasteiger partial charge in [-0.2, -0.15) is 5.10 Å². The van der Waals surface area contributed by atoms with Crippen molar-refractivity contribution in [1.29, 1.82) is 0 Å². The Morgan fingerprint density at radius 2 is 1.83 bits per heavy atom. The third-order valence-corrected chi connectivity index (χ3v) is 7.64. The fourth-order valence-electron chi connectivity index (χ4n) is 5.16. The molecule has 1 saturated heterocycles. The average molecular weight is 496 g/mol. The van der Waals surface area contributed by atoms with E-state index in [1.807, 2.05) is 45.0 Å². The van der Waals surface area contributed by atoms with Gasteiger partial charge < -0.3 is 14.4 Å². The molecule has 1 aromatic carbocycles. The largest absolute Gasteiger partial charge is 0.494 e. The van der Waals surface area contributed by atoms with Gasteiger partial charge in [0.15, 0.2) is 4.96 Å². The fraction of sp³-hybridized carbons (Fsp3) is 0.500. The summed E-state index contributed by atoms with van der Waals surface area (Å²) >= 11 is 1.67. The maximum absolute atomic E-state index is 12.7. The molecule has 0 radical (unpaired) electrons. The molecule has 186 valence electrons. The molecule has 5 rings (SSSR count). The lowest BCUT2D eigenvalue weighted by Gasteiger charge is -2.42. The van der Waals surface area contributed by atoms with Crippen molar-refractivity contribution in [3.05, 3.63) is 36.4 Å². The number of methoxy groups -OCH3 is 1. The number of rotatable bonds is 3. The molecular formula is C26H33N5O3S. The number of thiazole rings is 1. The number of carbonyl (C=O) groups excluding carboxylic acids is 1. The van der Waals surface area contributed by atoms with E-state index < -0.39 is 5.60 Å². The molecule has 1 aliphatic rings. The topological polar surface area (TPSA) is 73.9 Å². The van der Waals surface area contributed by atoms with Gasteiger partial charge in [0, 0.05) is 49.0 Å². The normalized spacial score (nSPS) is 21.1. The summed E-state index contributed by atoms with van der Waals surface area (Å²) in [4.78, 5) is 21.7. The molecule has 4 heterocycles. The first kappa shape index (κ1) is 23.7. The molecular weight excluding hydrogens is 462 g/mol. The number of aromatic nitrogens is 4. The lowest BCUT2D eigenvalue weighted by atomic mass is 9.85. The molecule has 1 unspecified atom stereocenters. The van der Waals surface area contributed by atoms with Gasteiger partial charge in [-0.3, -0.25) is 9.08 Å². The van der Waals surface area contributed by atoms with E-state index in [-0.39, 0.29) is 18.2 Å². The van der Waals surface area contributed by atoms with Gasteiger partial charge in [0.2, 0.25) is 0 Å². The number of imidazole rings is 1. The molecule has 3 atom stereocenters. The number of carbonyl (C=O) groups is 1. The van der Waals surface area contributed by atoms with Crippen molar-refractivity contribution in [2.24, 2.45) is 7.05 Å². The van der Waals surface area contributed by atoms with E-state index in [1.54, 1.807) is 23.1 Å². The third-order valence-electron chi connectivity index (χ3n) is 6.59. The minimum Gasteiger partial charge on any atom is -0.494 e. The van der Waals surface area contributed by atoms with Crippen LogP contribution in [0.2, 0.25) is 0 Å². The smallest absolute Gasteiger partial charge is 0.410 e. The van der Waals surface area contributed by atoms with Gasteiger partial charge in [-0.25, -0.2) is 9.78 Å². The first-order chi connectivity index (χ1) is 16.5. The Morgan fingerprint density at radius 3 is 2.46 bits per heavy atom. The summed E-state index contributed by atoms with van der Waals surface area (Å²) in [6.45, 7) is 9.92. The van der Waals surface area contributed by atoms with Crippen LogP contribution in [0.15, 0.2) is 30.7 Å². The molecule has 4 aromatic rings. The Kier molecular flexibility index (Phi) is 5.78. The molecule has 0 aliphatic carbocycles. The molecule has 0 spiro atoms. The van der Waals surface area contributed by atoms with E-state index in [4.69, 9.17) is 14.5 Å². The Labute approximate surface area is 209 Å². The molecule has 1 fully saturated rings. The average Bonchev–Trinajstić information content (AvgIpc) is 3.42. The fourth-order valence-corrected chi connectivity index (χ4v) is 6.12. The predicted octanol–water partition coefficient (Wildman–Crippen LogP) is 5.85. The maximum Gasteiger partial charge on any atom is 0.410 e. The molecule has 35 heavy (non-hydrogen) atoms. The number of amides is 1. The molecule has 0 saturated carbocycles. The van der Waals surface area contributed by atoms with E-state index >= 15 is 0 Å². The van der Waals surface area contributed by atoms with E-state index in [0.717, 1.165) is 50.6 Å². The minimum atomic E-state index is -0.495. The van der Waals surface area contributed by atoms with Gasteiger partial charge in [-0.1, -0.05) is 11.3 Å². The lowest BCUT2D eigenvalue weighted by Crippen LogP contribution is -2.51. The monoisotopic (exact) mass is 495 g/mol. The first-order valence-corrected chi connectivity index (χ1v) is 12.9. The number of hydrogen-bond acceptors (Lipinski definition) is 6. The van der Waals surface area contributed by atoms with E-state index in [2.05, 4.69) is 41.8 Å². The zero-order valence-electron chi connectivity index (χ0n) is 21.4. The van der Waals surface area contributed by atoms with Gasteiger partial charge in [0.25, 0.3) is 0 Å². The van der Waals surface area contributed by atoms with Crippen LogP contribution in [0.1, 0.15) is 59.1 Å². The molecule has 9 heteroatoms. The standard InChI is InChI=1S/C26H33N5O3S/c1-15-8-17(9-16(2)31(15)25(32)34-26(3,4)5)20-13-30-14-22(35-24(30)27-20)18-10-19-12-29(6)28-23(19)21(11-18)33-7/h10-17H,8-9H2,1-7H3/t15-,16+,17?. The van der Waals surface area contributed by atoms with E-state index in [0.29, 0.717) is 5.92 Å². The van der Waals surface area contributed by atoms with Crippen LogP contribution in [0.4, 0.5) is 4.79 Å². The Bertz CT molecular complexity index is 1350. The number of fused-ring (bicyclic) bond motifs is 2. The van der Waals surface area contributed by atoms with Crippen molar-refractivity contribution >= 4 is 33.3 Å². The van der Waals surface area contributed by atoms with Crippen molar-refractivity contribution in [3.8, 4) is 16.2 Å². The van der Waals surface area contributed by atoms with Crippen molar-refractivity contribution in [2.75, 3.05) is 7.11 Å². The summed E-state index contributed by atoms with van der Waals surface area (Å²) in [5, 5.41) is 5.55. The van der Waals surface area contributed by atoms with Gasteiger partial charge in [0.05, 0.1) is 17.7 Å². The lowest BCUT2D eigenvalue weighted by molar-refractivity contribution is -0.00270. The Hall–Kier alpha value is -3.07. The number of nitrogens with zero attached hydrogens (tertiary/aromatic N) is 5. The Balaban J connectivity index is 1.37. The summed E-state index contributed by atoms with van der Waals surface area (Å²) in [6.07, 6.45) is 7.79. The van der Waals surface area contributed by atoms with Crippen LogP contribution in [0.25, 0.3) is 26.3 Å². The summed E-state index contributed by atoms with van der Waals surface area (Å²) in [5.74, 6) is 1.07. The zero-order chi connectivity index (χ0) is 25.1. The minimum absolute atomic E-state index is 0.0903. The van der Waals surface area contributed by atoms with Crippen LogP contribution >= 0.6 is 11.3 Å². The second kappa shape index (κ2) is 8.55. The summed E-state index contributed by atoms with van der Waals surface area (Å²) in [5.41, 5.74) is 2.55. The van der Waals surface area contributed by atoms with Crippen molar-refractivity contribution < 1.29 is 14.3 Å². The SMILES string of the molecule is COc1cc(-c2cn3cc(C4C[C@@H](C)N(C(=O)OC(C)(C)C)[C@@H](C)C4)nc3s2)cc2cn(C)nc12. The highest BCUT2D eigenvalue weighted by Gasteiger charge is 2.37. The van der Waals surface area contributed by atoms with Gasteiger partial charge in [0.1, 0.15) is 16.9 Å². The van der Waals surface area contributed by atoms with Crippen LogP contribution < -0.4 is 4.74 Å².